The molecule has 1 aromatic carbocycles. The third-order valence-corrected chi connectivity index (χ3v) is 3.87. The van der Waals surface area contributed by atoms with Crippen LogP contribution in [0.1, 0.15) is 39.0 Å². The molecule has 1 aliphatic heterocycles. The molecule has 0 spiro atoms. The molecule has 1 heteroatoms. The van der Waals surface area contributed by atoms with E-state index < -0.39 is 0 Å². The fourth-order valence-electron chi connectivity index (χ4n) is 3.01. The van der Waals surface area contributed by atoms with Crippen molar-refractivity contribution in [3.8, 4) is 0 Å². The first-order chi connectivity index (χ1) is 7.86. The molecule has 0 amide bonds. The minimum absolute atomic E-state index is 0.715. The van der Waals surface area contributed by atoms with E-state index in [0.717, 1.165) is 0 Å². The van der Waals surface area contributed by atoms with E-state index in [-0.39, 0.29) is 0 Å². The van der Waals surface area contributed by atoms with Gasteiger partial charge in [-0.15, -0.1) is 0 Å². The molecule has 0 atom stereocenters. The van der Waals surface area contributed by atoms with Crippen LogP contribution in [0.2, 0.25) is 0 Å². The van der Waals surface area contributed by atoms with Gasteiger partial charge in [0, 0.05) is 22.1 Å². The normalized spacial score (nSPS) is 20.8. The molecule has 1 fully saturated rings. The van der Waals surface area contributed by atoms with Gasteiger partial charge in [-0.1, -0.05) is 43.5 Å². The first kappa shape index (κ1) is 9.95. The average molecular weight is 212 g/mol. The van der Waals surface area contributed by atoms with Crippen molar-refractivity contribution >= 4 is 11.4 Å². The number of rotatable bonds is 1. The molecule has 0 N–H and O–H groups in total. The first-order valence-corrected chi connectivity index (χ1v) is 6.38. The lowest BCUT2D eigenvalue weighted by Gasteiger charge is -2.22. The van der Waals surface area contributed by atoms with Gasteiger partial charge in [0.1, 0.15) is 0 Å². The molecule has 3 rings (SSSR count). The van der Waals surface area contributed by atoms with E-state index in [1.165, 1.54) is 53.9 Å². The summed E-state index contributed by atoms with van der Waals surface area (Å²) in [6.07, 6.45) is 6.84. The van der Waals surface area contributed by atoms with E-state index in [1.54, 1.807) is 0 Å². The number of hydrogen-bond acceptors (Lipinski definition) is 0. The highest BCUT2D eigenvalue weighted by Gasteiger charge is 2.22. The second-order valence-electron chi connectivity index (χ2n) is 4.96. The maximum Gasteiger partial charge on any atom is 0.0516 e. The van der Waals surface area contributed by atoms with E-state index in [1.807, 2.05) is 0 Å². The van der Waals surface area contributed by atoms with Gasteiger partial charge < -0.3 is 0 Å². The monoisotopic (exact) mass is 212 g/mol. The number of nitrogens with zero attached hydrogens (tertiary/aromatic N) is 1. The summed E-state index contributed by atoms with van der Waals surface area (Å²) < 4.78 is 0. The van der Waals surface area contributed by atoms with Gasteiger partial charge >= 0.3 is 0 Å². The molecule has 0 aromatic heterocycles. The summed E-state index contributed by atoms with van der Waals surface area (Å²) in [6, 6.07) is 8.68. The Bertz CT molecular complexity index is 506. The van der Waals surface area contributed by atoms with Crippen molar-refractivity contribution in [3.63, 3.8) is 0 Å². The van der Waals surface area contributed by atoms with Crippen LogP contribution < -0.4 is 15.8 Å². The molecule has 1 saturated carbocycles. The maximum atomic E-state index is 4.81. The predicted octanol–water partition coefficient (Wildman–Crippen LogP) is 2.12. The number of fused-ring (bicyclic) bond motifs is 1. The average Bonchev–Trinajstić information content (AvgIpc) is 2.69. The molecule has 83 valence electrons. The summed E-state index contributed by atoms with van der Waals surface area (Å²) in [4.78, 5) is 0. The lowest BCUT2D eigenvalue weighted by atomic mass is 9.86. The van der Waals surface area contributed by atoms with Gasteiger partial charge in [-0.3, -0.25) is 5.32 Å². The Hall–Kier alpha value is -1.24. The molecule has 1 heterocycles. The fourth-order valence-corrected chi connectivity index (χ4v) is 3.01. The molecule has 0 unspecified atom stereocenters. The summed E-state index contributed by atoms with van der Waals surface area (Å²) in [6.45, 7) is 2.13. The lowest BCUT2D eigenvalue weighted by molar-refractivity contribution is 0.421. The second kappa shape index (κ2) is 3.97. The topological polar surface area (TPSA) is 14.1 Å². The molecule has 2 aliphatic rings. The summed E-state index contributed by atoms with van der Waals surface area (Å²) >= 11 is 0. The van der Waals surface area contributed by atoms with Crippen LogP contribution in [-0.2, 0) is 0 Å². The standard InChI is InChI=1S/C15H18N/c1-11-13-9-5-6-10-14(13)15(16-11)12-7-3-2-4-8-12/h5-6,9-10,12H,2-4,7-8H2,1H3. The third kappa shape index (κ3) is 1.55. The Kier molecular flexibility index (Phi) is 2.47. The Morgan fingerprint density at radius 2 is 1.69 bits per heavy atom. The van der Waals surface area contributed by atoms with Crippen molar-refractivity contribution in [1.82, 2.24) is 5.32 Å². The third-order valence-electron chi connectivity index (χ3n) is 3.87. The van der Waals surface area contributed by atoms with Crippen molar-refractivity contribution in [2.75, 3.05) is 0 Å². The molecule has 1 aliphatic carbocycles. The van der Waals surface area contributed by atoms with Crippen LogP contribution in [0.5, 0.6) is 0 Å². The van der Waals surface area contributed by atoms with Crippen molar-refractivity contribution in [2.24, 2.45) is 5.92 Å². The SMILES string of the molecule is CC1=c2ccccc2=C(C2CCCCC2)[N]1. The van der Waals surface area contributed by atoms with Crippen molar-refractivity contribution in [3.05, 3.63) is 34.7 Å². The Morgan fingerprint density at radius 3 is 2.44 bits per heavy atom. The van der Waals surface area contributed by atoms with E-state index in [4.69, 9.17) is 5.32 Å². The van der Waals surface area contributed by atoms with Gasteiger partial charge in [-0.05, 0) is 19.8 Å². The van der Waals surface area contributed by atoms with Crippen LogP contribution in [-0.4, -0.2) is 0 Å². The number of hydrogen-bond donors (Lipinski definition) is 0. The van der Waals surface area contributed by atoms with Gasteiger partial charge in [-0.2, -0.15) is 0 Å². The highest BCUT2D eigenvalue weighted by molar-refractivity contribution is 5.63. The highest BCUT2D eigenvalue weighted by Crippen LogP contribution is 2.30. The second-order valence-corrected chi connectivity index (χ2v) is 4.96. The molecule has 16 heavy (non-hydrogen) atoms. The Balaban J connectivity index is 2.09. The largest absolute Gasteiger partial charge is 0.257 e. The summed E-state index contributed by atoms with van der Waals surface area (Å²) in [5.41, 5.74) is 2.57. The van der Waals surface area contributed by atoms with Gasteiger partial charge in [0.05, 0.1) is 5.70 Å². The summed E-state index contributed by atoms with van der Waals surface area (Å²) in [7, 11) is 0. The summed E-state index contributed by atoms with van der Waals surface area (Å²) in [5, 5.41) is 7.56. The van der Waals surface area contributed by atoms with Gasteiger partial charge in [-0.25, -0.2) is 0 Å². The Labute approximate surface area is 96.9 Å². The van der Waals surface area contributed by atoms with E-state index in [2.05, 4.69) is 31.2 Å². The zero-order valence-electron chi connectivity index (χ0n) is 9.87. The number of benzene rings is 1. The smallest absolute Gasteiger partial charge is 0.0516 e. The van der Waals surface area contributed by atoms with Crippen LogP contribution in [0.25, 0.3) is 11.4 Å². The summed E-state index contributed by atoms with van der Waals surface area (Å²) in [5.74, 6) is 0.715. The fraction of sp³-hybridized carbons (Fsp3) is 0.467. The molecule has 0 bridgehead atoms. The molecule has 1 radical (unpaired) electrons. The van der Waals surface area contributed by atoms with Crippen LogP contribution in [0, 0.1) is 5.92 Å². The molecular formula is C15H18N. The predicted molar refractivity (Wildman–Crippen MR) is 66.9 cm³/mol. The van der Waals surface area contributed by atoms with E-state index >= 15 is 0 Å². The highest BCUT2D eigenvalue weighted by atomic mass is 14.9. The first-order valence-electron chi connectivity index (χ1n) is 6.38. The van der Waals surface area contributed by atoms with Gasteiger partial charge in [0.2, 0.25) is 0 Å². The molecule has 0 saturated heterocycles. The van der Waals surface area contributed by atoms with Crippen molar-refractivity contribution in [1.29, 1.82) is 0 Å². The Morgan fingerprint density at radius 1 is 1.00 bits per heavy atom. The molecular weight excluding hydrogens is 194 g/mol. The van der Waals surface area contributed by atoms with Gasteiger partial charge in [0.25, 0.3) is 0 Å². The zero-order chi connectivity index (χ0) is 11.0. The maximum absolute atomic E-state index is 4.81. The van der Waals surface area contributed by atoms with Crippen LogP contribution in [0.3, 0.4) is 0 Å². The van der Waals surface area contributed by atoms with Crippen LogP contribution in [0.4, 0.5) is 0 Å². The molecule has 1 aromatic rings. The van der Waals surface area contributed by atoms with E-state index in [0.29, 0.717) is 5.92 Å². The van der Waals surface area contributed by atoms with Crippen LogP contribution >= 0.6 is 0 Å². The van der Waals surface area contributed by atoms with Crippen molar-refractivity contribution in [2.45, 2.75) is 39.0 Å². The van der Waals surface area contributed by atoms with Gasteiger partial charge in [0.15, 0.2) is 0 Å². The van der Waals surface area contributed by atoms with Crippen molar-refractivity contribution < 1.29 is 0 Å². The minimum Gasteiger partial charge on any atom is -0.257 e. The van der Waals surface area contributed by atoms with Crippen LogP contribution in [0.15, 0.2) is 24.3 Å². The lowest BCUT2D eigenvalue weighted by Crippen LogP contribution is -2.25. The minimum atomic E-state index is 0.715. The molecule has 1 nitrogen and oxygen atoms in total. The van der Waals surface area contributed by atoms with E-state index in [9.17, 15) is 0 Å². The quantitative estimate of drug-likeness (QED) is 0.677. The zero-order valence-corrected chi connectivity index (χ0v) is 9.87.